The molecule has 1 heterocycles. The van der Waals surface area contributed by atoms with Gasteiger partial charge in [0.2, 0.25) is 0 Å². The molecular formula is C13H12Br2N2O2S. The van der Waals surface area contributed by atoms with Gasteiger partial charge in [-0.25, -0.2) is 4.98 Å². The highest BCUT2D eigenvalue weighted by Gasteiger charge is 2.17. The average Bonchev–Trinajstić information content (AvgIpc) is 2.78. The number of anilines is 1. The number of hydrogen-bond donors (Lipinski definition) is 1. The molecule has 0 aliphatic heterocycles. The van der Waals surface area contributed by atoms with Crippen LogP contribution in [0, 0.1) is 6.92 Å². The van der Waals surface area contributed by atoms with Gasteiger partial charge in [-0.2, -0.15) is 0 Å². The fraction of sp³-hybridized carbons (Fsp3) is 0.231. The van der Waals surface area contributed by atoms with E-state index >= 15 is 0 Å². The summed E-state index contributed by atoms with van der Waals surface area (Å²) in [5, 5.41) is 5.20. The van der Waals surface area contributed by atoms with Gasteiger partial charge < -0.3 is 4.74 Å². The van der Waals surface area contributed by atoms with E-state index in [1.54, 1.807) is 13.0 Å². The second kappa shape index (κ2) is 6.69. The molecule has 1 atom stereocenters. The summed E-state index contributed by atoms with van der Waals surface area (Å²) in [5.74, 6) is 0.389. The monoisotopic (exact) mass is 418 g/mol. The van der Waals surface area contributed by atoms with Crippen molar-refractivity contribution in [2.75, 3.05) is 5.32 Å². The number of amides is 1. The molecule has 0 bridgehead atoms. The summed E-state index contributed by atoms with van der Waals surface area (Å²) in [4.78, 5) is 16.2. The van der Waals surface area contributed by atoms with Gasteiger partial charge >= 0.3 is 0 Å². The van der Waals surface area contributed by atoms with E-state index in [0.29, 0.717) is 10.9 Å². The van der Waals surface area contributed by atoms with E-state index in [0.717, 1.165) is 14.6 Å². The quantitative estimate of drug-likeness (QED) is 0.799. The smallest absolute Gasteiger partial charge is 0.266 e. The van der Waals surface area contributed by atoms with Gasteiger partial charge in [-0.3, -0.25) is 10.1 Å². The Kier molecular flexibility index (Phi) is 5.17. The Labute approximate surface area is 137 Å². The van der Waals surface area contributed by atoms with E-state index in [4.69, 9.17) is 4.74 Å². The molecule has 4 nitrogen and oxygen atoms in total. The minimum atomic E-state index is -0.614. The Balaban J connectivity index is 2.00. The summed E-state index contributed by atoms with van der Waals surface area (Å²) in [7, 11) is 0. The van der Waals surface area contributed by atoms with E-state index in [-0.39, 0.29) is 5.91 Å². The summed E-state index contributed by atoms with van der Waals surface area (Å²) in [6, 6.07) is 5.52. The first kappa shape index (κ1) is 15.5. The second-order valence-electron chi connectivity index (χ2n) is 4.12. The number of aromatic nitrogens is 1. The highest BCUT2D eigenvalue weighted by atomic mass is 79.9. The Hall–Kier alpha value is -0.920. The number of aryl methyl sites for hydroxylation is 1. The molecule has 0 spiro atoms. The van der Waals surface area contributed by atoms with Crippen LogP contribution in [0.15, 0.2) is 32.5 Å². The fourth-order valence-corrected chi connectivity index (χ4v) is 3.26. The van der Waals surface area contributed by atoms with Gasteiger partial charge in [0.05, 0.1) is 10.2 Å². The molecule has 2 rings (SSSR count). The highest BCUT2D eigenvalue weighted by molar-refractivity contribution is 9.11. The van der Waals surface area contributed by atoms with E-state index in [2.05, 4.69) is 42.2 Å². The van der Waals surface area contributed by atoms with E-state index < -0.39 is 6.10 Å². The second-order valence-corrected chi connectivity index (χ2v) is 6.75. The van der Waals surface area contributed by atoms with Gasteiger partial charge in [0, 0.05) is 9.85 Å². The molecule has 0 aliphatic carbocycles. The van der Waals surface area contributed by atoms with Crippen molar-refractivity contribution in [1.82, 2.24) is 4.98 Å². The zero-order chi connectivity index (χ0) is 14.7. The first-order valence-electron chi connectivity index (χ1n) is 5.80. The molecule has 0 saturated carbocycles. The maximum absolute atomic E-state index is 12.0. The lowest BCUT2D eigenvalue weighted by molar-refractivity contribution is -0.122. The first-order chi connectivity index (χ1) is 9.45. The molecule has 0 unspecified atom stereocenters. The number of nitrogens with zero attached hydrogens (tertiary/aromatic N) is 1. The Bertz CT molecular complexity index is 631. The van der Waals surface area contributed by atoms with Gasteiger partial charge in [0.15, 0.2) is 11.2 Å². The summed E-state index contributed by atoms with van der Waals surface area (Å²) in [5.41, 5.74) is 0.884. The molecule has 2 aromatic rings. The SMILES string of the molecule is Cc1csc(NC(=O)[C@@H](C)Oc2ccc(Br)cc2Br)n1. The molecule has 7 heteroatoms. The fourth-order valence-electron chi connectivity index (χ4n) is 1.43. The van der Waals surface area contributed by atoms with Crippen molar-refractivity contribution >= 4 is 54.2 Å². The standard InChI is InChI=1S/C13H12Br2N2O2S/c1-7-6-20-13(16-7)17-12(18)8(2)19-11-4-3-9(14)5-10(11)15/h3-6,8H,1-2H3,(H,16,17,18)/t8-/m1/s1. The van der Waals surface area contributed by atoms with Gasteiger partial charge in [-0.15, -0.1) is 11.3 Å². The van der Waals surface area contributed by atoms with Crippen LogP contribution in [0.2, 0.25) is 0 Å². The van der Waals surface area contributed by atoms with E-state index in [1.165, 1.54) is 11.3 Å². The van der Waals surface area contributed by atoms with Crippen LogP contribution in [0.1, 0.15) is 12.6 Å². The summed E-state index contributed by atoms with van der Waals surface area (Å²) >= 11 is 8.16. The number of ether oxygens (including phenoxy) is 1. The minimum absolute atomic E-state index is 0.228. The number of halogens is 2. The van der Waals surface area contributed by atoms with Gasteiger partial charge in [0.1, 0.15) is 5.75 Å². The van der Waals surface area contributed by atoms with Crippen molar-refractivity contribution < 1.29 is 9.53 Å². The maximum atomic E-state index is 12.0. The molecule has 1 aromatic heterocycles. The Morgan fingerprint density at radius 2 is 2.20 bits per heavy atom. The summed E-state index contributed by atoms with van der Waals surface area (Å²) in [6.07, 6.45) is -0.614. The van der Waals surface area contributed by atoms with Crippen molar-refractivity contribution in [2.24, 2.45) is 0 Å². The van der Waals surface area contributed by atoms with Gasteiger partial charge in [-0.05, 0) is 48.0 Å². The summed E-state index contributed by atoms with van der Waals surface area (Å²) < 4.78 is 7.36. The largest absolute Gasteiger partial charge is 0.480 e. The Morgan fingerprint density at radius 1 is 1.45 bits per heavy atom. The van der Waals surface area contributed by atoms with Crippen LogP contribution in [-0.2, 0) is 4.79 Å². The lowest BCUT2D eigenvalue weighted by Gasteiger charge is -2.15. The zero-order valence-electron chi connectivity index (χ0n) is 10.8. The number of benzene rings is 1. The van der Waals surface area contributed by atoms with Gasteiger partial charge in [-0.1, -0.05) is 15.9 Å². The Morgan fingerprint density at radius 3 is 2.80 bits per heavy atom. The van der Waals surface area contributed by atoms with Crippen molar-refractivity contribution in [3.8, 4) is 5.75 Å². The van der Waals surface area contributed by atoms with Crippen LogP contribution >= 0.6 is 43.2 Å². The van der Waals surface area contributed by atoms with Crippen LogP contribution in [0.3, 0.4) is 0 Å². The third-order valence-corrected chi connectivity index (χ3v) is 4.40. The number of hydrogen-bond acceptors (Lipinski definition) is 4. The molecular weight excluding hydrogens is 408 g/mol. The number of nitrogens with one attached hydrogen (secondary N) is 1. The van der Waals surface area contributed by atoms with Gasteiger partial charge in [0.25, 0.3) is 5.91 Å². The molecule has 106 valence electrons. The summed E-state index contributed by atoms with van der Waals surface area (Å²) in [6.45, 7) is 3.58. The van der Waals surface area contributed by atoms with Crippen molar-refractivity contribution in [3.63, 3.8) is 0 Å². The lowest BCUT2D eigenvalue weighted by atomic mass is 10.3. The molecule has 1 aromatic carbocycles. The van der Waals surface area contributed by atoms with E-state index in [9.17, 15) is 4.79 Å². The zero-order valence-corrected chi connectivity index (χ0v) is 14.8. The third kappa shape index (κ3) is 4.04. The predicted octanol–water partition coefficient (Wildman–Crippen LogP) is 4.38. The normalized spacial score (nSPS) is 12.0. The molecule has 20 heavy (non-hydrogen) atoms. The number of carbonyl (C=O) groups excluding carboxylic acids is 1. The topological polar surface area (TPSA) is 51.2 Å². The number of rotatable bonds is 4. The van der Waals surface area contributed by atoms with Crippen LogP contribution < -0.4 is 10.1 Å². The molecule has 0 saturated heterocycles. The first-order valence-corrected chi connectivity index (χ1v) is 8.27. The number of carbonyl (C=O) groups is 1. The maximum Gasteiger partial charge on any atom is 0.266 e. The molecule has 1 N–H and O–H groups in total. The molecule has 0 radical (unpaired) electrons. The molecule has 0 fully saturated rings. The van der Waals surface area contributed by atoms with Crippen LogP contribution in [0.25, 0.3) is 0 Å². The van der Waals surface area contributed by atoms with Crippen LogP contribution in [0.4, 0.5) is 5.13 Å². The lowest BCUT2D eigenvalue weighted by Crippen LogP contribution is -2.30. The predicted molar refractivity (Wildman–Crippen MR) is 87.4 cm³/mol. The third-order valence-electron chi connectivity index (χ3n) is 2.42. The van der Waals surface area contributed by atoms with Crippen molar-refractivity contribution in [1.29, 1.82) is 0 Å². The van der Waals surface area contributed by atoms with Crippen molar-refractivity contribution in [2.45, 2.75) is 20.0 Å². The van der Waals surface area contributed by atoms with Crippen LogP contribution in [0.5, 0.6) is 5.75 Å². The number of thiazole rings is 1. The highest BCUT2D eigenvalue weighted by Crippen LogP contribution is 2.29. The average molecular weight is 420 g/mol. The minimum Gasteiger partial charge on any atom is -0.480 e. The molecule has 1 amide bonds. The van der Waals surface area contributed by atoms with E-state index in [1.807, 2.05) is 24.4 Å². The van der Waals surface area contributed by atoms with Crippen molar-refractivity contribution in [3.05, 3.63) is 38.2 Å². The van der Waals surface area contributed by atoms with Crippen LogP contribution in [-0.4, -0.2) is 17.0 Å². The molecule has 0 aliphatic rings.